The fraction of sp³-hybridized carbons (Fsp3) is 0.833. The Morgan fingerprint density at radius 2 is 2.24 bits per heavy atom. The molecule has 1 aromatic rings. The van der Waals surface area contributed by atoms with Crippen molar-refractivity contribution in [3.8, 4) is 0 Å². The van der Waals surface area contributed by atoms with Crippen LogP contribution in [-0.4, -0.2) is 35.8 Å². The predicted octanol–water partition coefficient (Wildman–Crippen LogP) is 1.55. The first kappa shape index (κ1) is 14.1. The number of rotatable bonds is 8. The molecule has 0 aromatic carbocycles. The molecule has 0 fully saturated rings. The molecule has 1 unspecified atom stereocenters. The summed E-state index contributed by atoms with van der Waals surface area (Å²) in [5, 5.41) is 11.7. The van der Waals surface area contributed by atoms with Gasteiger partial charge in [-0.15, -0.1) is 5.10 Å². The normalized spacial score (nSPS) is 12.9. The Labute approximate surface area is 104 Å². The second-order valence-electron chi connectivity index (χ2n) is 4.34. The van der Waals surface area contributed by atoms with Gasteiger partial charge in [-0.05, 0) is 26.8 Å². The SMILES string of the molecule is CCCc1c(CNC)nnn1C(C)CCOC. The first-order valence-corrected chi connectivity index (χ1v) is 6.31. The number of nitrogens with one attached hydrogen (secondary N) is 1. The van der Waals surface area contributed by atoms with E-state index in [1.807, 2.05) is 7.05 Å². The molecule has 1 N–H and O–H groups in total. The lowest BCUT2D eigenvalue weighted by atomic mass is 10.1. The van der Waals surface area contributed by atoms with Crippen molar-refractivity contribution in [2.24, 2.45) is 0 Å². The van der Waals surface area contributed by atoms with Gasteiger partial charge < -0.3 is 10.1 Å². The van der Waals surface area contributed by atoms with Crippen LogP contribution in [0.5, 0.6) is 0 Å². The molecule has 1 heterocycles. The van der Waals surface area contributed by atoms with Crippen LogP contribution in [0.25, 0.3) is 0 Å². The van der Waals surface area contributed by atoms with Crippen molar-refractivity contribution in [2.45, 2.75) is 45.7 Å². The van der Waals surface area contributed by atoms with Gasteiger partial charge in [-0.2, -0.15) is 0 Å². The van der Waals surface area contributed by atoms with Crippen LogP contribution in [0.4, 0.5) is 0 Å². The van der Waals surface area contributed by atoms with E-state index in [9.17, 15) is 0 Å². The van der Waals surface area contributed by atoms with Gasteiger partial charge in [-0.1, -0.05) is 18.6 Å². The molecule has 1 aromatic heterocycles. The third-order valence-electron chi connectivity index (χ3n) is 2.86. The van der Waals surface area contributed by atoms with E-state index < -0.39 is 0 Å². The number of hydrogen-bond acceptors (Lipinski definition) is 4. The molecule has 0 radical (unpaired) electrons. The Balaban J connectivity index is 2.82. The van der Waals surface area contributed by atoms with E-state index in [0.717, 1.165) is 38.1 Å². The summed E-state index contributed by atoms with van der Waals surface area (Å²) in [5.41, 5.74) is 2.32. The van der Waals surface area contributed by atoms with Gasteiger partial charge >= 0.3 is 0 Å². The summed E-state index contributed by atoms with van der Waals surface area (Å²) in [6.45, 7) is 5.89. The standard InChI is InChI=1S/C12H24N4O/c1-5-6-12-11(9-13-3)14-15-16(12)10(2)7-8-17-4/h10,13H,5-9H2,1-4H3. The van der Waals surface area contributed by atoms with E-state index in [-0.39, 0.29) is 0 Å². The fourth-order valence-electron chi connectivity index (χ4n) is 1.91. The Hall–Kier alpha value is -0.940. The van der Waals surface area contributed by atoms with E-state index in [1.165, 1.54) is 5.69 Å². The molecular formula is C12H24N4O. The third-order valence-corrected chi connectivity index (χ3v) is 2.86. The molecule has 98 valence electrons. The minimum absolute atomic E-state index is 0.342. The first-order valence-electron chi connectivity index (χ1n) is 6.31. The number of methoxy groups -OCH3 is 1. The summed E-state index contributed by atoms with van der Waals surface area (Å²) in [6.07, 6.45) is 3.11. The second kappa shape index (κ2) is 7.40. The van der Waals surface area contributed by atoms with E-state index in [4.69, 9.17) is 4.74 Å². The highest BCUT2D eigenvalue weighted by atomic mass is 16.5. The Morgan fingerprint density at radius 3 is 2.82 bits per heavy atom. The summed E-state index contributed by atoms with van der Waals surface area (Å²) in [5.74, 6) is 0. The van der Waals surface area contributed by atoms with Crippen LogP contribution in [0.3, 0.4) is 0 Å². The minimum Gasteiger partial charge on any atom is -0.385 e. The highest BCUT2D eigenvalue weighted by Crippen LogP contribution is 2.16. The number of aromatic nitrogens is 3. The Kier molecular flexibility index (Phi) is 6.15. The van der Waals surface area contributed by atoms with Gasteiger partial charge in [0.2, 0.25) is 0 Å². The van der Waals surface area contributed by atoms with Gasteiger partial charge in [-0.3, -0.25) is 0 Å². The van der Waals surface area contributed by atoms with Crippen molar-refractivity contribution >= 4 is 0 Å². The molecule has 0 spiro atoms. The topological polar surface area (TPSA) is 52.0 Å². The Morgan fingerprint density at radius 1 is 1.47 bits per heavy atom. The maximum absolute atomic E-state index is 5.11. The molecule has 0 aliphatic rings. The van der Waals surface area contributed by atoms with Gasteiger partial charge in [0, 0.05) is 20.3 Å². The van der Waals surface area contributed by atoms with Gasteiger partial charge in [0.05, 0.1) is 17.4 Å². The van der Waals surface area contributed by atoms with Crippen molar-refractivity contribution in [3.63, 3.8) is 0 Å². The number of hydrogen-bond donors (Lipinski definition) is 1. The first-order chi connectivity index (χ1) is 8.24. The Bertz CT molecular complexity index is 324. The molecule has 5 nitrogen and oxygen atoms in total. The van der Waals surface area contributed by atoms with Gasteiger partial charge in [0.15, 0.2) is 0 Å². The zero-order chi connectivity index (χ0) is 12.7. The lowest BCUT2D eigenvalue weighted by molar-refractivity contribution is 0.177. The molecule has 0 aliphatic heterocycles. The lowest BCUT2D eigenvalue weighted by Gasteiger charge is -2.14. The van der Waals surface area contributed by atoms with Crippen molar-refractivity contribution in [1.29, 1.82) is 0 Å². The smallest absolute Gasteiger partial charge is 0.0996 e. The van der Waals surface area contributed by atoms with E-state index in [0.29, 0.717) is 6.04 Å². The van der Waals surface area contributed by atoms with E-state index >= 15 is 0 Å². The third kappa shape index (κ3) is 3.78. The maximum atomic E-state index is 5.11. The van der Waals surface area contributed by atoms with Crippen LogP contribution in [0.15, 0.2) is 0 Å². The van der Waals surface area contributed by atoms with Crippen molar-refractivity contribution < 1.29 is 4.74 Å². The fourth-order valence-corrected chi connectivity index (χ4v) is 1.91. The van der Waals surface area contributed by atoms with Gasteiger partial charge in [-0.25, -0.2) is 4.68 Å². The average molecular weight is 240 g/mol. The predicted molar refractivity (Wildman–Crippen MR) is 68.0 cm³/mol. The monoisotopic (exact) mass is 240 g/mol. The number of nitrogens with zero attached hydrogens (tertiary/aromatic N) is 3. The zero-order valence-corrected chi connectivity index (χ0v) is 11.4. The van der Waals surface area contributed by atoms with Crippen LogP contribution in [0.2, 0.25) is 0 Å². The summed E-state index contributed by atoms with van der Waals surface area (Å²) >= 11 is 0. The van der Waals surface area contributed by atoms with Gasteiger partial charge in [0.1, 0.15) is 0 Å². The highest BCUT2D eigenvalue weighted by Gasteiger charge is 2.15. The number of ether oxygens (including phenoxy) is 1. The van der Waals surface area contributed by atoms with Crippen molar-refractivity contribution in [2.75, 3.05) is 20.8 Å². The molecule has 0 bridgehead atoms. The molecular weight excluding hydrogens is 216 g/mol. The molecule has 0 saturated heterocycles. The summed E-state index contributed by atoms with van der Waals surface area (Å²) < 4.78 is 7.17. The lowest BCUT2D eigenvalue weighted by Crippen LogP contribution is -2.14. The molecule has 0 saturated carbocycles. The summed E-state index contributed by atoms with van der Waals surface area (Å²) in [4.78, 5) is 0. The van der Waals surface area contributed by atoms with Crippen LogP contribution >= 0.6 is 0 Å². The molecule has 0 aliphatic carbocycles. The van der Waals surface area contributed by atoms with Crippen LogP contribution in [0, 0.1) is 0 Å². The minimum atomic E-state index is 0.342. The molecule has 5 heteroatoms. The van der Waals surface area contributed by atoms with E-state index in [1.54, 1.807) is 7.11 Å². The highest BCUT2D eigenvalue weighted by molar-refractivity contribution is 5.11. The van der Waals surface area contributed by atoms with Gasteiger partial charge in [0.25, 0.3) is 0 Å². The second-order valence-corrected chi connectivity index (χ2v) is 4.34. The zero-order valence-electron chi connectivity index (χ0n) is 11.4. The molecule has 1 atom stereocenters. The molecule has 17 heavy (non-hydrogen) atoms. The van der Waals surface area contributed by atoms with Crippen molar-refractivity contribution in [1.82, 2.24) is 20.3 Å². The van der Waals surface area contributed by atoms with Crippen LogP contribution in [0.1, 0.15) is 44.1 Å². The summed E-state index contributed by atoms with van der Waals surface area (Å²) in [7, 11) is 3.66. The van der Waals surface area contributed by atoms with E-state index in [2.05, 4.69) is 34.2 Å². The van der Waals surface area contributed by atoms with Crippen LogP contribution < -0.4 is 5.32 Å². The van der Waals surface area contributed by atoms with Crippen molar-refractivity contribution in [3.05, 3.63) is 11.4 Å². The average Bonchev–Trinajstić information content (AvgIpc) is 2.71. The molecule has 1 rings (SSSR count). The van der Waals surface area contributed by atoms with Crippen LogP contribution in [-0.2, 0) is 17.7 Å². The molecule has 0 amide bonds. The quantitative estimate of drug-likeness (QED) is 0.749. The maximum Gasteiger partial charge on any atom is 0.0996 e. The largest absolute Gasteiger partial charge is 0.385 e. The summed E-state index contributed by atoms with van der Waals surface area (Å²) in [6, 6.07) is 0.342.